The van der Waals surface area contributed by atoms with Gasteiger partial charge < -0.3 is 4.90 Å². The summed E-state index contributed by atoms with van der Waals surface area (Å²) in [5.41, 5.74) is 0. The number of carbonyl (C=O) groups excluding carboxylic acids is 1. The van der Waals surface area contributed by atoms with E-state index >= 15 is 0 Å². The molecule has 1 aliphatic heterocycles. The summed E-state index contributed by atoms with van der Waals surface area (Å²) in [7, 11) is 0. The molecule has 88 valence electrons. The van der Waals surface area contributed by atoms with Crippen LogP contribution in [0.3, 0.4) is 0 Å². The van der Waals surface area contributed by atoms with Crippen LogP contribution in [0.1, 0.15) is 46.0 Å². The molecular formula is C12H23NOS. The second-order valence-corrected chi connectivity index (χ2v) is 5.74. The van der Waals surface area contributed by atoms with Gasteiger partial charge in [-0.1, -0.05) is 32.0 Å². The Balaban J connectivity index is 2.07. The highest BCUT2D eigenvalue weighted by Crippen LogP contribution is 2.17. The first-order chi connectivity index (χ1) is 7.20. The fourth-order valence-electron chi connectivity index (χ4n) is 1.82. The maximum Gasteiger partial charge on any atom is 0.281 e. The molecule has 1 saturated heterocycles. The molecule has 1 amide bonds. The summed E-state index contributed by atoms with van der Waals surface area (Å²) in [5, 5.41) is 0.304. The number of hydrogen-bond acceptors (Lipinski definition) is 2. The van der Waals surface area contributed by atoms with Crippen LogP contribution in [0.15, 0.2) is 0 Å². The first-order valence-corrected chi connectivity index (χ1v) is 7.10. The molecule has 0 unspecified atom stereocenters. The number of thioether (sulfide) groups is 1. The smallest absolute Gasteiger partial charge is 0.281 e. The van der Waals surface area contributed by atoms with Crippen molar-refractivity contribution in [1.82, 2.24) is 4.90 Å². The van der Waals surface area contributed by atoms with Crippen molar-refractivity contribution in [1.29, 1.82) is 0 Å². The summed E-state index contributed by atoms with van der Waals surface area (Å²) in [4.78, 5) is 13.7. The molecule has 2 nitrogen and oxygen atoms in total. The van der Waals surface area contributed by atoms with Crippen molar-refractivity contribution < 1.29 is 4.79 Å². The number of carbonyl (C=O) groups is 1. The van der Waals surface area contributed by atoms with Crippen molar-refractivity contribution in [2.24, 2.45) is 5.92 Å². The van der Waals surface area contributed by atoms with Crippen LogP contribution in [0.25, 0.3) is 0 Å². The molecule has 0 bridgehead atoms. The lowest BCUT2D eigenvalue weighted by molar-refractivity contribution is 0.211. The van der Waals surface area contributed by atoms with Gasteiger partial charge in [0, 0.05) is 18.8 Å². The van der Waals surface area contributed by atoms with E-state index in [2.05, 4.69) is 13.8 Å². The van der Waals surface area contributed by atoms with E-state index in [0.717, 1.165) is 24.8 Å². The Morgan fingerprint density at radius 1 is 1.27 bits per heavy atom. The van der Waals surface area contributed by atoms with Gasteiger partial charge in [0.1, 0.15) is 0 Å². The Bertz CT molecular complexity index is 188. The summed E-state index contributed by atoms with van der Waals surface area (Å²) in [5.74, 6) is 1.75. The highest BCUT2D eigenvalue weighted by Gasteiger charge is 2.16. The fraction of sp³-hybridized carbons (Fsp3) is 0.917. The van der Waals surface area contributed by atoms with Crippen molar-refractivity contribution in [2.45, 2.75) is 46.0 Å². The first-order valence-electron chi connectivity index (χ1n) is 6.12. The van der Waals surface area contributed by atoms with Crippen LogP contribution in [0.4, 0.5) is 4.79 Å². The Hall–Kier alpha value is -0.180. The van der Waals surface area contributed by atoms with Crippen molar-refractivity contribution in [3.63, 3.8) is 0 Å². The van der Waals surface area contributed by atoms with Gasteiger partial charge in [-0.3, -0.25) is 4.79 Å². The van der Waals surface area contributed by atoms with Gasteiger partial charge >= 0.3 is 0 Å². The van der Waals surface area contributed by atoms with Crippen molar-refractivity contribution in [3.05, 3.63) is 0 Å². The maximum atomic E-state index is 11.7. The van der Waals surface area contributed by atoms with Gasteiger partial charge in [0.25, 0.3) is 5.24 Å². The Morgan fingerprint density at radius 3 is 2.53 bits per heavy atom. The minimum Gasteiger partial charge on any atom is -0.334 e. The standard InChI is InChI=1S/C12H23NOS/c1-11(2)7-6-10-15-12(14)13-8-4-3-5-9-13/h11H,3-10H2,1-2H3. The number of nitrogens with zero attached hydrogens (tertiary/aromatic N) is 1. The summed E-state index contributed by atoms with van der Waals surface area (Å²) in [6, 6.07) is 0. The lowest BCUT2D eigenvalue weighted by atomic mass is 10.1. The van der Waals surface area contributed by atoms with Crippen molar-refractivity contribution >= 4 is 17.0 Å². The molecule has 0 radical (unpaired) electrons. The van der Waals surface area contributed by atoms with E-state index in [-0.39, 0.29) is 0 Å². The summed E-state index contributed by atoms with van der Waals surface area (Å²) < 4.78 is 0. The molecule has 1 rings (SSSR count). The number of likely N-dealkylation sites (tertiary alicyclic amines) is 1. The van der Waals surface area contributed by atoms with E-state index in [4.69, 9.17) is 0 Å². The van der Waals surface area contributed by atoms with Gasteiger partial charge in [0.05, 0.1) is 0 Å². The molecule has 0 aromatic carbocycles. The molecule has 0 saturated carbocycles. The first kappa shape index (κ1) is 12.9. The van der Waals surface area contributed by atoms with Gasteiger partial charge in [-0.05, 0) is 31.6 Å². The average molecular weight is 229 g/mol. The van der Waals surface area contributed by atoms with E-state index in [1.165, 1.54) is 43.9 Å². The van der Waals surface area contributed by atoms with Crippen LogP contribution < -0.4 is 0 Å². The zero-order valence-electron chi connectivity index (χ0n) is 10.00. The second kappa shape index (κ2) is 7.15. The fourth-order valence-corrected chi connectivity index (χ4v) is 2.67. The van der Waals surface area contributed by atoms with Crippen LogP contribution in [-0.2, 0) is 0 Å². The lowest BCUT2D eigenvalue weighted by Gasteiger charge is -2.26. The molecule has 0 aromatic heterocycles. The normalized spacial score (nSPS) is 17.1. The highest BCUT2D eigenvalue weighted by atomic mass is 32.2. The minimum absolute atomic E-state index is 0.304. The van der Waals surface area contributed by atoms with E-state index in [9.17, 15) is 4.79 Å². The highest BCUT2D eigenvalue weighted by molar-refractivity contribution is 8.13. The molecular weight excluding hydrogens is 206 g/mol. The van der Waals surface area contributed by atoms with Gasteiger partial charge in [0.2, 0.25) is 0 Å². The third-order valence-corrected chi connectivity index (χ3v) is 3.76. The molecule has 1 fully saturated rings. The van der Waals surface area contributed by atoms with Crippen molar-refractivity contribution in [3.8, 4) is 0 Å². The largest absolute Gasteiger partial charge is 0.334 e. The van der Waals surface area contributed by atoms with Crippen LogP contribution in [-0.4, -0.2) is 29.0 Å². The predicted octanol–water partition coefficient (Wildman–Crippen LogP) is 3.76. The van der Waals surface area contributed by atoms with Gasteiger partial charge in [-0.25, -0.2) is 0 Å². The van der Waals surface area contributed by atoms with Crippen LogP contribution in [0.5, 0.6) is 0 Å². The molecule has 0 atom stereocenters. The SMILES string of the molecule is CC(C)CCCSC(=O)N1CCCCC1. The monoisotopic (exact) mass is 229 g/mol. The number of amides is 1. The maximum absolute atomic E-state index is 11.7. The second-order valence-electron chi connectivity index (χ2n) is 4.70. The minimum atomic E-state index is 0.304. The van der Waals surface area contributed by atoms with Gasteiger partial charge in [-0.15, -0.1) is 0 Å². The number of hydrogen-bond donors (Lipinski definition) is 0. The molecule has 0 aliphatic carbocycles. The Morgan fingerprint density at radius 2 is 1.93 bits per heavy atom. The van der Waals surface area contributed by atoms with E-state index in [1.807, 2.05) is 4.90 Å². The van der Waals surface area contributed by atoms with Crippen LogP contribution in [0, 0.1) is 5.92 Å². The zero-order valence-corrected chi connectivity index (χ0v) is 10.8. The van der Waals surface area contributed by atoms with Crippen LogP contribution in [0.2, 0.25) is 0 Å². The third kappa shape index (κ3) is 5.45. The molecule has 15 heavy (non-hydrogen) atoms. The summed E-state index contributed by atoms with van der Waals surface area (Å²) in [6.07, 6.45) is 6.08. The van der Waals surface area contributed by atoms with E-state index in [1.54, 1.807) is 0 Å². The zero-order chi connectivity index (χ0) is 11.1. The lowest BCUT2D eigenvalue weighted by Crippen LogP contribution is -2.33. The van der Waals surface area contributed by atoms with Crippen LogP contribution >= 0.6 is 11.8 Å². The molecule has 1 aliphatic rings. The third-order valence-electron chi connectivity index (χ3n) is 2.77. The van der Waals surface area contributed by atoms with Gasteiger partial charge in [-0.2, -0.15) is 0 Å². The average Bonchev–Trinajstić information content (AvgIpc) is 2.25. The summed E-state index contributed by atoms with van der Waals surface area (Å²) >= 11 is 1.51. The van der Waals surface area contributed by atoms with Crippen molar-refractivity contribution in [2.75, 3.05) is 18.8 Å². The number of piperidine rings is 1. The topological polar surface area (TPSA) is 20.3 Å². The van der Waals surface area contributed by atoms with E-state index < -0.39 is 0 Å². The molecule has 3 heteroatoms. The Labute approximate surface area is 97.8 Å². The molecule has 0 spiro atoms. The Kier molecular flexibility index (Phi) is 6.15. The quantitative estimate of drug-likeness (QED) is 0.684. The molecule has 1 heterocycles. The predicted molar refractivity (Wildman–Crippen MR) is 67.4 cm³/mol. The van der Waals surface area contributed by atoms with Gasteiger partial charge in [0.15, 0.2) is 0 Å². The summed E-state index contributed by atoms with van der Waals surface area (Å²) in [6.45, 7) is 6.43. The molecule has 0 N–H and O–H groups in total. The number of rotatable bonds is 4. The van der Waals surface area contributed by atoms with E-state index in [0.29, 0.717) is 5.24 Å². The molecule has 0 aromatic rings.